The van der Waals surface area contributed by atoms with E-state index in [4.69, 9.17) is 16.3 Å². The Morgan fingerprint density at radius 2 is 1.78 bits per heavy atom. The van der Waals surface area contributed by atoms with E-state index in [0.29, 0.717) is 49.8 Å². The summed E-state index contributed by atoms with van der Waals surface area (Å²) in [4.78, 5) is 27.8. The van der Waals surface area contributed by atoms with E-state index in [0.717, 1.165) is 0 Å². The van der Waals surface area contributed by atoms with Crippen molar-refractivity contribution in [2.75, 3.05) is 39.4 Å². The van der Waals surface area contributed by atoms with Crippen LogP contribution in [-0.4, -0.2) is 71.7 Å². The number of carbonyl (C=O) groups is 2. The summed E-state index contributed by atoms with van der Waals surface area (Å²) in [5, 5.41) is 10.2. The number of piperazine rings is 1. The van der Waals surface area contributed by atoms with Crippen LogP contribution in [0.1, 0.15) is 16.8 Å². The molecule has 2 aliphatic rings. The maximum Gasteiger partial charge on any atom is 0.326 e. The summed E-state index contributed by atoms with van der Waals surface area (Å²) in [6, 6.07) is 6.81. The number of hydrogen-bond donors (Lipinski definition) is 1. The molecule has 0 saturated carbocycles. The fourth-order valence-corrected chi connectivity index (χ4v) is 3.35. The zero-order chi connectivity index (χ0) is 16.4. The molecule has 3 rings (SSSR count). The van der Waals surface area contributed by atoms with E-state index in [-0.39, 0.29) is 12.5 Å². The highest BCUT2D eigenvalue weighted by molar-refractivity contribution is 6.30. The minimum atomic E-state index is -0.935. The molecule has 124 valence electrons. The average Bonchev–Trinajstić information content (AvgIpc) is 3.06. The van der Waals surface area contributed by atoms with E-state index >= 15 is 0 Å². The van der Waals surface area contributed by atoms with Gasteiger partial charge in [0, 0.05) is 49.8 Å². The second-order valence-corrected chi connectivity index (χ2v) is 6.36. The van der Waals surface area contributed by atoms with Gasteiger partial charge >= 0.3 is 5.97 Å². The lowest BCUT2D eigenvalue weighted by molar-refractivity contribution is -0.152. The summed E-state index contributed by atoms with van der Waals surface area (Å²) in [6.07, 6.45) is 0.494. The zero-order valence-corrected chi connectivity index (χ0v) is 13.5. The monoisotopic (exact) mass is 338 g/mol. The van der Waals surface area contributed by atoms with Crippen LogP contribution >= 0.6 is 11.6 Å². The van der Waals surface area contributed by atoms with Gasteiger partial charge in [-0.15, -0.1) is 0 Å². The lowest BCUT2D eigenvalue weighted by atomic mass is 9.95. The zero-order valence-electron chi connectivity index (χ0n) is 12.7. The van der Waals surface area contributed by atoms with Crippen LogP contribution in [0.4, 0.5) is 0 Å². The minimum Gasteiger partial charge on any atom is -0.480 e. The number of rotatable bonds is 3. The van der Waals surface area contributed by atoms with Gasteiger partial charge in [-0.25, -0.2) is 0 Å². The number of amides is 1. The van der Waals surface area contributed by atoms with Crippen molar-refractivity contribution in [3.8, 4) is 0 Å². The molecule has 2 saturated heterocycles. The number of aliphatic carboxylic acids is 1. The maximum absolute atomic E-state index is 12.5. The molecule has 1 unspecified atom stereocenters. The first-order valence-electron chi connectivity index (χ1n) is 7.64. The van der Waals surface area contributed by atoms with E-state index in [2.05, 4.69) is 0 Å². The molecular weight excluding hydrogens is 320 g/mol. The lowest BCUT2D eigenvalue weighted by Gasteiger charge is -2.42. The van der Waals surface area contributed by atoms with Crippen molar-refractivity contribution >= 4 is 23.5 Å². The molecule has 1 aromatic rings. The Hall–Kier alpha value is -1.63. The highest BCUT2D eigenvalue weighted by Crippen LogP contribution is 2.28. The fourth-order valence-electron chi connectivity index (χ4n) is 3.22. The summed E-state index contributed by atoms with van der Waals surface area (Å²) in [6.45, 7) is 2.78. The van der Waals surface area contributed by atoms with Crippen molar-refractivity contribution in [2.24, 2.45) is 0 Å². The molecule has 1 aromatic carbocycles. The molecule has 1 atom stereocenters. The Labute approximate surface area is 139 Å². The van der Waals surface area contributed by atoms with Gasteiger partial charge in [0.1, 0.15) is 5.54 Å². The Balaban J connectivity index is 1.65. The number of halogens is 1. The molecule has 6 nitrogen and oxygen atoms in total. The SMILES string of the molecule is O=C(c1ccc(Cl)cc1)N1CCN(C2(C(=O)O)CCOC2)CC1. The van der Waals surface area contributed by atoms with Crippen molar-refractivity contribution in [3.05, 3.63) is 34.9 Å². The van der Waals surface area contributed by atoms with Crippen molar-refractivity contribution in [3.63, 3.8) is 0 Å². The highest BCUT2D eigenvalue weighted by atomic mass is 35.5. The molecule has 23 heavy (non-hydrogen) atoms. The summed E-state index contributed by atoms with van der Waals surface area (Å²) < 4.78 is 5.31. The number of hydrogen-bond acceptors (Lipinski definition) is 4. The van der Waals surface area contributed by atoms with Crippen LogP contribution in [0.15, 0.2) is 24.3 Å². The molecule has 2 heterocycles. The summed E-state index contributed by atoms with van der Waals surface area (Å²) >= 11 is 5.84. The van der Waals surface area contributed by atoms with Gasteiger partial charge in [-0.1, -0.05) is 11.6 Å². The number of carbonyl (C=O) groups excluding carboxylic acids is 1. The fraction of sp³-hybridized carbons (Fsp3) is 0.500. The maximum atomic E-state index is 12.5. The largest absolute Gasteiger partial charge is 0.480 e. The highest BCUT2D eigenvalue weighted by Gasteiger charge is 2.48. The molecule has 0 aromatic heterocycles. The summed E-state index contributed by atoms with van der Waals surface area (Å²) in [5.74, 6) is -0.888. The van der Waals surface area contributed by atoms with Crippen LogP contribution in [-0.2, 0) is 9.53 Å². The number of ether oxygens (including phenoxy) is 1. The molecule has 0 spiro atoms. The summed E-state index contributed by atoms with van der Waals surface area (Å²) in [5.41, 5.74) is -0.338. The first-order valence-corrected chi connectivity index (χ1v) is 8.02. The summed E-state index contributed by atoms with van der Waals surface area (Å²) in [7, 11) is 0. The van der Waals surface area contributed by atoms with Gasteiger partial charge < -0.3 is 14.7 Å². The van der Waals surface area contributed by atoms with Crippen LogP contribution in [0.5, 0.6) is 0 Å². The molecule has 2 fully saturated rings. The third-order valence-electron chi connectivity index (χ3n) is 4.66. The van der Waals surface area contributed by atoms with E-state index in [1.807, 2.05) is 4.90 Å². The quantitative estimate of drug-likeness (QED) is 0.900. The van der Waals surface area contributed by atoms with Crippen LogP contribution in [0.3, 0.4) is 0 Å². The van der Waals surface area contributed by atoms with Gasteiger partial charge in [0.05, 0.1) is 6.61 Å². The molecular formula is C16H19ClN2O4. The molecule has 0 radical (unpaired) electrons. The van der Waals surface area contributed by atoms with Gasteiger partial charge in [-0.2, -0.15) is 0 Å². The Morgan fingerprint density at radius 3 is 2.30 bits per heavy atom. The van der Waals surface area contributed by atoms with Crippen LogP contribution in [0.25, 0.3) is 0 Å². The first-order chi connectivity index (χ1) is 11.0. The van der Waals surface area contributed by atoms with Gasteiger partial charge in [-0.3, -0.25) is 14.5 Å². The first kappa shape index (κ1) is 16.2. The third kappa shape index (κ3) is 3.06. The second-order valence-electron chi connectivity index (χ2n) is 5.93. The van der Waals surface area contributed by atoms with E-state index in [1.165, 1.54) is 0 Å². The normalized spacial score (nSPS) is 25.5. The van der Waals surface area contributed by atoms with Crippen molar-refractivity contribution in [2.45, 2.75) is 12.0 Å². The van der Waals surface area contributed by atoms with E-state index in [1.54, 1.807) is 29.2 Å². The van der Waals surface area contributed by atoms with Crippen LogP contribution < -0.4 is 0 Å². The van der Waals surface area contributed by atoms with Crippen LogP contribution in [0.2, 0.25) is 5.02 Å². The lowest BCUT2D eigenvalue weighted by Crippen LogP contribution is -2.61. The standard InChI is InChI=1S/C16H19ClN2O4/c17-13-3-1-12(2-4-13)14(20)18-6-8-19(9-7-18)16(15(21)22)5-10-23-11-16/h1-4H,5-11H2,(H,21,22). The van der Waals surface area contributed by atoms with Crippen molar-refractivity contribution in [1.29, 1.82) is 0 Å². The van der Waals surface area contributed by atoms with Gasteiger partial charge in [0.15, 0.2) is 0 Å². The predicted molar refractivity (Wildman–Crippen MR) is 84.7 cm³/mol. The Kier molecular flexibility index (Phi) is 4.57. The third-order valence-corrected chi connectivity index (χ3v) is 4.91. The van der Waals surface area contributed by atoms with Crippen LogP contribution in [0, 0.1) is 0 Å². The molecule has 0 aliphatic carbocycles. The predicted octanol–water partition coefficient (Wildman–Crippen LogP) is 1.34. The topological polar surface area (TPSA) is 70.1 Å². The van der Waals surface area contributed by atoms with Gasteiger partial charge in [0.25, 0.3) is 5.91 Å². The molecule has 0 bridgehead atoms. The van der Waals surface area contributed by atoms with Crippen molar-refractivity contribution in [1.82, 2.24) is 9.80 Å². The van der Waals surface area contributed by atoms with Gasteiger partial charge in [0.2, 0.25) is 0 Å². The molecule has 1 amide bonds. The second kappa shape index (κ2) is 6.47. The number of benzene rings is 1. The van der Waals surface area contributed by atoms with E-state index in [9.17, 15) is 14.7 Å². The number of carboxylic acids is 1. The Morgan fingerprint density at radius 1 is 1.13 bits per heavy atom. The van der Waals surface area contributed by atoms with E-state index < -0.39 is 11.5 Å². The van der Waals surface area contributed by atoms with Gasteiger partial charge in [-0.05, 0) is 24.3 Å². The minimum absolute atomic E-state index is 0.0478. The number of carboxylic acid groups (broad SMARTS) is 1. The Bertz CT molecular complexity index is 591. The molecule has 2 aliphatic heterocycles. The number of nitrogens with zero attached hydrogens (tertiary/aromatic N) is 2. The van der Waals surface area contributed by atoms with Crippen molar-refractivity contribution < 1.29 is 19.4 Å². The molecule has 1 N–H and O–H groups in total. The smallest absolute Gasteiger partial charge is 0.326 e. The molecule has 7 heteroatoms. The average molecular weight is 339 g/mol.